The molecule has 1 amide bonds. The molecule has 0 saturated heterocycles. The summed E-state index contributed by atoms with van der Waals surface area (Å²) in [6.45, 7) is -0.380. The number of aryl methyl sites for hydroxylation is 1. The summed E-state index contributed by atoms with van der Waals surface area (Å²) in [5, 5.41) is 12.6. The van der Waals surface area contributed by atoms with E-state index in [0.29, 0.717) is 12.2 Å². The standard InChI is InChI=1S/C16H17NO4S/c1-17(15(18)7-2-12-8-9-22-11-12)13-3-5-14(6-4-13)21-10-16(19)20/h3-6,8-9,11H,2,7,10H2,1H3,(H,19,20). The summed E-state index contributed by atoms with van der Waals surface area (Å²) in [6.07, 6.45) is 1.18. The van der Waals surface area contributed by atoms with Crippen molar-refractivity contribution in [2.45, 2.75) is 12.8 Å². The fraction of sp³-hybridized carbons (Fsp3) is 0.250. The molecule has 0 radical (unpaired) electrons. The Hall–Kier alpha value is -2.34. The van der Waals surface area contributed by atoms with Crippen LogP contribution in [0.25, 0.3) is 0 Å². The van der Waals surface area contributed by atoms with Gasteiger partial charge in [0.2, 0.25) is 5.91 Å². The number of carbonyl (C=O) groups is 2. The van der Waals surface area contributed by atoms with Crippen LogP contribution in [0.15, 0.2) is 41.1 Å². The first-order valence-corrected chi connectivity index (χ1v) is 7.73. The predicted octanol–water partition coefficient (Wildman–Crippen LogP) is 2.81. The molecule has 0 aliphatic heterocycles. The monoisotopic (exact) mass is 319 g/mol. The summed E-state index contributed by atoms with van der Waals surface area (Å²) in [5.41, 5.74) is 1.92. The van der Waals surface area contributed by atoms with Crippen LogP contribution in [0.5, 0.6) is 5.75 Å². The van der Waals surface area contributed by atoms with Crippen molar-refractivity contribution < 1.29 is 19.4 Å². The number of benzene rings is 1. The third kappa shape index (κ3) is 4.60. The number of hydrogen-bond donors (Lipinski definition) is 1. The SMILES string of the molecule is CN(C(=O)CCc1ccsc1)c1ccc(OCC(=O)O)cc1. The Morgan fingerprint density at radius 1 is 1.23 bits per heavy atom. The van der Waals surface area contributed by atoms with E-state index in [4.69, 9.17) is 9.84 Å². The van der Waals surface area contributed by atoms with Gasteiger partial charge in [0, 0.05) is 19.2 Å². The third-order valence-electron chi connectivity index (χ3n) is 3.17. The molecule has 1 N–H and O–H groups in total. The van der Waals surface area contributed by atoms with Gasteiger partial charge in [0.15, 0.2) is 6.61 Å². The van der Waals surface area contributed by atoms with E-state index >= 15 is 0 Å². The number of hydrogen-bond acceptors (Lipinski definition) is 4. The number of rotatable bonds is 7. The molecule has 0 aliphatic carbocycles. The molecule has 2 aromatic rings. The maximum atomic E-state index is 12.2. The van der Waals surface area contributed by atoms with Crippen LogP contribution in [-0.4, -0.2) is 30.6 Å². The molecule has 22 heavy (non-hydrogen) atoms. The molecule has 0 spiro atoms. The van der Waals surface area contributed by atoms with Crippen molar-refractivity contribution in [1.82, 2.24) is 0 Å². The molecule has 0 bridgehead atoms. The number of carboxylic acid groups (broad SMARTS) is 1. The van der Waals surface area contributed by atoms with E-state index in [1.165, 1.54) is 5.56 Å². The number of nitrogens with zero attached hydrogens (tertiary/aromatic N) is 1. The Kier molecular flexibility index (Phi) is 5.55. The minimum atomic E-state index is -1.02. The van der Waals surface area contributed by atoms with Gasteiger partial charge in [0.05, 0.1) is 0 Å². The second-order valence-corrected chi connectivity index (χ2v) is 5.54. The summed E-state index contributed by atoms with van der Waals surface area (Å²) in [5.74, 6) is -0.527. The van der Waals surface area contributed by atoms with Gasteiger partial charge < -0.3 is 14.7 Å². The summed E-state index contributed by atoms with van der Waals surface area (Å²) in [6, 6.07) is 8.80. The van der Waals surface area contributed by atoms with Crippen molar-refractivity contribution in [2.75, 3.05) is 18.6 Å². The molecule has 5 nitrogen and oxygen atoms in total. The summed E-state index contributed by atoms with van der Waals surface area (Å²) in [4.78, 5) is 24.2. The normalized spacial score (nSPS) is 10.2. The molecular weight excluding hydrogens is 302 g/mol. The highest BCUT2D eigenvalue weighted by atomic mass is 32.1. The van der Waals surface area contributed by atoms with Crippen molar-refractivity contribution in [3.8, 4) is 5.75 Å². The first-order valence-electron chi connectivity index (χ1n) is 6.78. The Morgan fingerprint density at radius 2 is 1.95 bits per heavy atom. The molecule has 1 heterocycles. The maximum absolute atomic E-state index is 12.2. The van der Waals surface area contributed by atoms with Gasteiger partial charge in [0.1, 0.15) is 5.75 Å². The van der Waals surface area contributed by atoms with E-state index in [9.17, 15) is 9.59 Å². The number of carboxylic acids is 1. The van der Waals surface area contributed by atoms with Gasteiger partial charge in [-0.05, 0) is 53.1 Å². The summed E-state index contributed by atoms with van der Waals surface area (Å²) >= 11 is 1.62. The number of ether oxygens (including phenoxy) is 1. The van der Waals surface area contributed by atoms with Gasteiger partial charge in [-0.15, -0.1) is 0 Å². The largest absolute Gasteiger partial charge is 0.482 e. The molecule has 6 heteroatoms. The minimum Gasteiger partial charge on any atom is -0.482 e. The average molecular weight is 319 g/mol. The molecule has 116 valence electrons. The van der Waals surface area contributed by atoms with Crippen molar-refractivity contribution in [3.63, 3.8) is 0 Å². The van der Waals surface area contributed by atoms with Crippen LogP contribution in [0, 0.1) is 0 Å². The lowest BCUT2D eigenvalue weighted by atomic mass is 10.1. The van der Waals surface area contributed by atoms with E-state index < -0.39 is 5.97 Å². The Labute approximate surface area is 132 Å². The van der Waals surface area contributed by atoms with E-state index in [-0.39, 0.29) is 12.5 Å². The highest BCUT2D eigenvalue weighted by Gasteiger charge is 2.11. The molecule has 0 unspecified atom stereocenters. The molecule has 0 aliphatic rings. The highest BCUT2D eigenvalue weighted by Crippen LogP contribution is 2.19. The van der Waals surface area contributed by atoms with Crippen LogP contribution in [0.2, 0.25) is 0 Å². The van der Waals surface area contributed by atoms with Gasteiger partial charge in [-0.2, -0.15) is 11.3 Å². The topological polar surface area (TPSA) is 66.8 Å². The second-order valence-electron chi connectivity index (χ2n) is 4.76. The fourth-order valence-electron chi connectivity index (χ4n) is 1.91. The number of amides is 1. The van der Waals surface area contributed by atoms with Crippen LogP contribution in [-0.2, 0) is 16.0 Å². The molecule has 0 saturated carbocycles. The molecular formula is C16H17NO4S. The smallest absolute Gasteiger partial charge is 0.341 e. The van der Waals surface area contributed by atoms with Crippen molar-refractivity contribution in [1.29, 1.82) is 0 Å². The van der Waals surface area contributed by atoms with Crippen LogP contribution < -0.4 is 9.64 Å². The first kappa shape index (κ1) is 16.0. The maximum Gasteiger partial charge on any atom is 0.341 e. The van der Waals surface area contributed by atoms with Gasteiger partial charge in [0.25, 0.3) is 0 Å². The van der Waals surface area contributed by atoms with E-state index in [1.54, 1.807) is 47.5 Å². The lowest BCUT2D eigenvalue weighted by Crippen LogP contribution is -2.26. The molecule has 0 fully saturated rings. The molecule has 1 aromatic carbocycles. The predicted molar refractivity (Wildman–Crippen MR) is 85.6 cm³/mol. The number of aliphatic carboxylic acids is 1. The zero-order valence-electron chi connectivity index (χ0n) is 12.2. The number of thiophene rings is 1. The Bertz CT molecular complexity index is 622. The van der Waals surface area contributed by atoms with Crippen molar-refractivity contribution in [2.24, 2.45) is 0 Å². The zero-order chi connectivity index (χ0) is 15.9. The van der Waals surface area contributed by atoms with Crippen LogP contribution >= 0.6 is 11.3 Å². The number of carbonyl (C=O) groups excluding carboxylic acids is 1. The highest BCUT2D eigenvalue weighted by molar-refractivity contribution is 7.07. The van der Waals surface area contributed by atoms with Crippen LogP contribution in [0.4, 0.5) is 5.69 Å². The minimum absolute atomic E-state index is 0.0328. The first-order chi connectivity index (χ1) is 10.6. The Balaban J connectivity index is 1.89. The van der Waals surface area contributed by atoms with E-state index in [2.05, 4.69) is 0 Å². The molecule has 0 atom stereocenters. The molecule has 2 rings (SSSR count). The van der Waals surface area contributed by atoms with Crippen molar-refractivity contribution >= 4 is 28.9 Å². The fourth-order valence-corrected chi connectivity index (χ4v) is 2.61. The summed E-state index contributed by atoms with van der Waals surface area (Å²) < 4.78 is 5.06. The van der Waals surface area contributed by atoms with Crippen LogP contribution in [0.1, 0.15) is 12.0 Å². The van der Waals surface area contributed by atoms with Gasteiger partial charge in [-0.1, -0.05) is 0 Å². The summed E-state index contributed by atoms with van der Waals surface area (Å²) in [7, 11) is 1.73. The second kappa shape index (κ2) is 7.61. The Morgan fingerprint density at radius 3 is 2.55 bits per heavy atom. The zero-order valence-corrected chi connectivity index (χ0v) is 13.0. The lowest BCUT2D eigenvalue weighted by molar-refractivity contribution is -0.139. The van der Waals surface area contributed by atoms with Gasteiger partial charge in [-0.3, -0.25) is 4.79 Å². The quantitative estimate of drug-likeness (QED) is 0.852. The van der Waals surface area contributed by atoms with E-state index in [1.807, 2.05) is 16.8 Å². The number of anilines is 1. The molecule has 1 aromatic heterocycles. The van der Waals surface area contributed by atoms with Crippen molar-refractivity contribution in [3.05, 3.63) is 46.7 Å². The van der Waals surface area contributed by atoms with Crippen LogP contribution in [0.3, 0.4) is 0 Å². The van der Waals surface area contributed by atoms with E-state index in [0.717, 1.165) is 12.1 Å². The van der Waals surface area contributed by atoms with Gasteiger partial charge >= 0.3 is 5.97 Å². The third-order valence-corrected chi connectivity index (χ3v) is 3.90. The lowest BCUT2D eigenvalue weighted by Gasteiger charge is -2.17. The van der Waals surface area contributed by atoms with Gasteiger partial charge in [-0.25, -0.2) is 4.79 Å². The average Bonchev–Trinajstić information content (AvgIpc) is 3.03.